The molecule has 0 heterocycles. The molecule has 0 saturated carbocycles. The number of aromatic hydroxyl groups is 2. The fraction of sp³-hybridized carbons (Fsp3) is 0.538. The summed E-state index contributed by atoms with van der Waals surface area (Å²) in [5.74, 6) is 0.734. The second-order valence-electron chi connectivity index (χ2n) is 11.1. The lowest BCUT2D eigenvalue weighted by atomic mass is 9.76. The van der Waals surface area contributed by atoms with Crippen LogP contribution in [0.2, 0.25) is 0 Å². The summed E-state index contributed by atoms with van der Waals surface area (Å²) < 4.78 is 0. The van der Waals surface area contributed by atoms with Gasteiger partial charge >= 0.3 is 0 Å². The molecule has 1 unspecified atom stereocenters. The molecule has 158 valence electrons. The minimum absolute atomic E-state index is 0.176. The van der Waals surface area contributed by atoms with Crippen molar-refractivity contribution in [3.63, 3.8) is 0 Å². The Hall–Kier alpha value is -2.00. The van der Waals surface area contributed by atoms with Crippen molar-refractivity contribution in [2.75, 3.05) is 0 Å². The van der Waals surface area contributed by atoms with Crippen LogP contribution in [0.25, 0.3) is 0 Å². The van der Waals surface area contributed by atoms with E-state index in [4.69, 9.17) is 5.73 Å². The molecule has 0 aliphatic heterocycles. The predicted octanol–water partition coefficient (Wildman–Crippen LogP) is 5.65. The van der Waals surface area contributed by atoms with Crippen LogP contribution in [-0.2, 0) is 29.2 Å². The van der Waals surface area contributed by atoms with Crippen molar-refractivity contribution in [3.8, 4) is 11.5 Å². The zero-order chi connectivity index (χ0) is 21.9. The minimum Gasteiger partial charge on any atom is -0.507 e. The first kappa shape index (κ1) is 21.7. The Balaban J connectivity index is 2.16. The lowest BCUT2D eigenvalue weighted by Crippen LogP contribution is -2.37. The molecule has 2 aromatic rings. The van der Waals surface area contributed by atoms with Gasteiger partial charge in [-0.1, -0.05) is 59.7 Å². The van der Waals surface area contributed by atoms with E-state index in [-0.39, 0.29) is 10.8 Å². The van der Waals surface area contributed by atoms with E-state index in [0.717, 1.165) is 40.7 Å². The summed E-state index contributed by atoms with van der Waals surface area (Å²) in [6, 6.07) is 6.27. The van der Waals surface area contributed by atoms with E-state index in [1.54, 1.807) is 0 Å². The smallest absolute Gasteiger partial charge is 0.123 e. The normalized spacial score (nSPS) is 19.5. The molecule has 0 radical (unpaired) electrons. The summed E-state index contributed by atoms with van der Waals surface area (Å²) in [6.07, 6.45) is 2.35. The number of hydrogen-bond acceptors (Lipinski definition) is 3. The van der Waals surface area contributed by atoms with Crippen molar-refractivity contribution < 1.29 is 10.2 Å². The number of phenols is 2. The van der Waals surface area contributed by atoms with E-state index in [0.29, 0.717) is 17.9 Å². The van der Waals surface area contributed by atoms with Gasteiger partial charge in [0.05, 0.1) is 0 Å². The number of fused-ring (bicyclic) bond motifs is 1. The van der Waals surface area contributed by atoms with Gasteiger partial charge in [-0.25, -0.2) is 0 Å². The van der Waals surface area contributed by atoms with E-state index in [2.05, 4.69) is 66.7 Å². The predicted molar refractivity (Wildman–Crippen MR) is 121 cm³/mol. The summed E-state index contributed by atoms with van der Waals surface area (Å²) in [6.45, 7) is 16.8. The zero-order valence-corrected chi connectivity index (χ0v) is 19.3. The first-order chi connectivity index (χ1) is 13.1. The Labute approximate surface area is 176 Å². The van der Waals surface area contributed by atoms with Gasteiger partial charge in [0.25, 0.3) is 0 Å². The van der Waals surface area contributed by atoms with Gasteiger partial charge in [-0.3, -0.25) is 0 Å². The summed E-state index contributed by atoms with van der Waals surface area (Å²) in [5.41, 5.74) is 13.2. The molecule has 0 spiro atoms. The average molecular weight is 396 g/mol. The second-order valence-corrected chi connectivity index (χ2v) is 11.1. The third-order valence-corrected chi connectivity index (χ3v) is 6.45. The summed E-state index contributed by atoms with van der Waals surface area (Å²) >= 11 is 0. The van der Waals surface area contributed by atoms with Gasteiger partial charge in [-0.05, 0) is 77.3 Å². The fourth-order valence-corrected chi connectivity index (χ4v) is 4.83. The fourth-order valence-electron chi connectivity index (χ4n) is 4.83. The van der Waals surface area contributed by atoms with Gasteiger partial charge in [-0.15, -0.1) is 0 Å². The Bertz CT molecular complexity index is 925. The number of nitrogens with two attached hydrogens (primary N) is 1. The molecule has 0 aromatic heterocycles. The van der Waals surface area contributed by atoms with Gasteiger partial charge in [0.2, 0.25) is 0 Å². The Morgan fingerprint density at radius 3 is 1.86 bits per heavy atom. The molecule has 1 aliphatic rings. The van der Waals surface area contributed by atoms with Crippen LogP contribution in [0.1, 0.15) is 86.9 Å². The zero-order valence-electron chi connectivity index (χ0n) is 19.3. The molecule has 29 heavy (non-hydrogen) atoms. The second kappa shape index (κ2) is 6.77. The highest BCUT2D eigenvalue weighted by molar-refractivity contribution is 5.57. The van der Waals surface area contributed by atoms with Crippen molar-refractivity contribution in [2.45, 2.75) is 91.0 Å². The van der Waals surface area contributed by atoms with E-state index in [1.165, 1.54) is 11.1 Å². The highest BCUT2D eigenvalue weighted by Gasteiger charge is 2.39. The molecule has 1 atom stereocenters. The van der Waals surface area contributed by atoms with E-state index in [1.807, 2.05) is 6.92 Å². The number of aryl methyl sites for hydroxylation is 2. The summed E-state index contributed by atoms with van der Waals surface area (Å²) in [4.78, 5) is 0. The van der Waals surface area contributed by atoms with Crippen LogP contribution in [0, 0.1) is 13.8 Å². The maximum absolute atomic E-state index is 11.0. The van der Waals surface area contributed by atoms with Crippen LogP contribution >= 0.6 is 0 Å². The lowest BCUT2D eigenvalue weighted by Gasteiger charge is -2.31. The van der Waals surface area contributed by atoms with E-state index in [9.17, 15) is 10.2 Å². The quantitative estimate of drug-likeness (QED) is 0.615. The maximum Gasteiger partial charge on any atom is 0.123 e. The monoisotopic (exact) mass is 395 g/mol. The molecule has 0 bridgehead atoms. The number of benzene rings is 2. The van der Waals surface area contributed by atoms with Crippen LogP contribution in [-0.4, -0.2) is 10.2 Å². The molecule has 4 N–H and O–H groups in total. The molecule has 2 aromatic carbocycles. The summed E-state index contributed by atoms with van der Waals surface area (Å²) in [7, 11) is 0. The average Bonchev–Trinajstić information content (AvgIpc) is 2.90. The van der Waals surface area contributed by atoms with Crippen molar-refractivity contribution in [1.29, 1.82) is 0 Å². The van der Waals surface area contributed by atoms with Crippen molar-refractivity contribution >= 4 is 0 Å². The van der Waals surface area contributed by atoms with Gasteiger partial charge in [0.15, 0.2) is 0 Å². The van der Waals surface area contributed by atoms with Crippen LogP contribution in [0.15, 0.2) is 18.2 Å². The first-order valence-electron chi connectivity index (χ1n) is 10.6. The minimum atomic E-state index is -0.600. The van der Waals surface area contributed by atoms with Crippen molar-refractivity contribution in [2.24, 2.45) is 5.73 Å². The standard InChI is InChI=1S/C26H37NO2/c1-15-11-16(2)22(28)21-18(15)9-10-26(21,27)14-17-12-19(24(3,4)5)23(29)20(13-17)25(6,7)8/h11-13,28-29H,9-10,14,27H2,1-8H3. The number of rotatable bonds is 2. The van der Waals surface area contributed by atoms with E-state index >= 15 is 0 Å². The number of hydrogen-bond donors (Lipinski definition) is 3. The van der Waals surface area contributed by atoms with Gasteiger partial charge in [-0.2, -0.15) is 0 Å². The largest absolute Gasteiger partial charge is 0.507 e. The molecule has 3 heteroatoms. The molecular formula is C26H37NO2. The molecule has 0 fully saturated rings. The van der Waals surface area contributed by atoms with Gasteiger partial charge < -0.3 is 15.9 Å². The van der Waals surface area contributed by atoms with Crippen LogP contribution in [0.4, 0.5) is 0 Å². The Morgan fingerprint density at radius 2 is 1.38 bits per heavy atom. The number of phenolic OH excluding ortho intramolecular Hbond substituents is 2. The molecule has 3 rings (SSSR count). The molecule has 1 aliphatic carbocycles. The topological polar surface area (TPSA) is 66.5 Å². The molecule has 0 amide bonds. The molecular weight excluding hydrogens is 358 g/mol. The molecule has 3 nitrogen and oxygen atoms in total. The van der Waals surface area contributed by atoms with E-state index < -0.39 is 5.54 Å². The lowest BCUT2D eigenvalue weighted by molar-refractivity contribution is 0.397. The van der Waals surface area contributed by atoms with Crippen molar-refractivity contribution in [3.05, 3.63) is 57.1 Å². The first-order valence-corrected chi connectivity index (χ1v) is 10.6. The van der Waals surface area contributed by atoms with Crippen molar-refractivity contribution in [1.82, 2.24) is 0 Å². The van der Waals surface area contributed by atoms with Crippen LogP contribution in [0.3, 0.4) is 0 Å². The highest BCUT2D eigenvalue weighted by Crippen LogP contribution is 2.47. The Kier molecular flexibility index (Phi) is 5.06. The third-order valence-electron chi connectivity index (χ3n) is 6.45. The molecule has 0 saturated heterocycles. The van der Waals surface area contributed by atoms with Gasteiger partial charge in [0, 0.05) is 11.1 Å². The van der Waals surface area contributed by atoms with Gasteiger partial charge in [0.1, 0.15) is 11.5 Å². The highest BCUT2D eigenvalue weighted by atomic mass is 16.3. The third kappa shape index (κ3) is 3.77. The summed E-state index contributed by atoms with van der Waals surface area (Å²) in [5, 5.41) is 21.9. The Morgan fingerprint density at radius 1 is 0.862 bits per heavy atom. The van der Waals surface area contributed by atoms with Crippen LogP contribution < -0.4 is 5.73 Å². The SMILES string of the molecule is Cc1cc(C)c2c(c1O)C(N)(Cc1cc(C(C)(C)C)c(O)c(C(C)(C)C)c1)CC2. The maximum atomic E-state index is 11.0. The van der Waals surface area contributed by atoms with Crippen LogP contribution in [0.5, 0.6) is 11.5 Å².